The maximum Gasteiger partial charge on any atom is 0.119 e. The number of nitrogens with zero attached hydrogens (tertiary/aromatic N) is 1. The van der Waals surface area contributed by atoms with E-state index in [1.54, 1.807) is 13.3 Å². The normalized spacial score (nSPS) is 10.2. The van der Waals surface area contributed by atoms with Crippen LogP contribution in [0.5, 0.6) is 5.75 Å². The third kappa shape index (κ3) is 2.63. The van der Waals surface area contributed by atoms with E-state index in [-0.39, 0.29) is 0 Å². The second-order valence-corrected chi connectivity index (χ2v) is 3.80. The number of hydrogen-bond donors (Lipinski definition) is 1. The van der Waals surface area contributed by atoms with E-state index >= 15 is 0 Å². The van der Waals surface area contributed by atoms with Crippen LogP contribution in [-0.2, 0) is 6.54 Å². The first-order chi connectivity index (χ1) is 8.35. The van der Waals surface area contributed by atoms with E-state index in [4.69, 9.17) is 4.74 Å². The lowest BCUT2D eigenvalue weighted by molar-refractivity contribution is 0.415. The van der Waals surface area contributed by atoms with Crippen molar-refractivity contribution in [3.63, 3.8) is 0 Å². The molecule has 0 saturated carbocycles. The summed E-state index contributed by atoms with van der Waals surface area (Å²) in [7, 11) is 3.62. The zero-order chi connectivity index (χ0) is 12.1. The van der Waals surface area contributed by atoms with Gasteiger partial charge in [-0.1, -0.05) is 12.1 Å². The first-order valence-corrected chi connectivity index (χ1v) is 5.57. The third-order valence-electron chi connectivity index (χ3n) is 2.66. The summed E-state index contributed by atoms with van der Waals surface area (Å²) in [5, 5.41) is 3.17. The molecule has 0 saturated heterocycles. The van der Waals surface area contributed by atoms with Crippen LogP contribution in [0.3, 0.4) is 0 Å². The molecule has 1 aromatic carbocycles. The second kappa shape index (κ2) is 5.46. The van der Waals surface area contributed by atoms with Gasteiger partial charge in [-0.15, -0.1) is 0 Å². The molecule has 0 aliphatic carbocycles. The molecule has 1 N–H and O–H groups in total. The van der Waals surface area contributed by atoms with Crippen LogP contribution in [0.15, 0.2) is 42.7 Å². The highest BCUT2D eigenvalue weighted by Gasteiger charge is 2.06. The Balaban J connectivity index is 2.48. The number of rotatable bonds is 4. The standard InChI is InChI=1S/C14H16N2O/c1-15-9-12-5-6-13(17-2)8-14(12)11-4-3-7-16-10-11/h3-8,10,15H,9H2,1-2H3. The summed E-state index contributed by atoms with van der Waals surface area (Å²) in [4.78, 5) is 4.16. The molecule has 88 valence electrons. The van der Waals surface area contributed by atoms with Gasteiger partial charge in [0.15, 0.2) is 0 Å². The van der Waals surface area contributed by atoms with Crippen molar-refractivity contribution >= 4 is 0 Å². The van der Waals surface area contributed by atoms with Crippen molar-refractivity contribution in [1.82, 2.24) is 10.3 Å². The molecule has 0 fully saturated rings. The summed E-state index contributed by atoms with van der Waals surface area (Å²) in [6.07, 6.45) is 3.65. The SMILES string of the molecule is CNCc1ccc(OC)cc1-c1cccnc1. The van der Waals surface area contributed by atoms with Gasteiger partial charge in [-0.05, 0) is 36.4 Å². The van der Waals surface area contributed by atoms with Crippen LogP contribution in [-0.4, -0.2) is 19.1 Å². The number of ether oxygens (including phenoxy) is 1. The van der Waals surface area contributed by atoms with Gasteiger partial charge in [0.05, 0.1) is 7.11 Å². The predicted molar refractivity (Wildman–Crippen MR) is 69.0 cm³/mol. The fraction of sp³-hybridized carbons (Fsp3) is 0.214. The Labute approximate surface area is 101 Å². The molecular weight excluding hydrogens is 212 g/mol. The largest absolute Gasteiger partial charge is 0.497 e. The summed E-state index contributed by atoms with van der Waals surface area (Å²) >= 11 is 0. The molecule has 0 atom stereocenters. The lowest BCUT2D eigenvalue weighted by Gasteiger charge is -2.11. The number of methoxy groups -OCH3 is 1. The van der Waals surface area contributed by atoms with E-state index in [1.165, 1.54) is 5.56 Å². The number of pyridine rings is 1. The minimum absolute atomic E-state index is 0.828. The lowest BCUT2D eigenvalue weighted by Crippen LogP contribution is -2.06. The molecule has 0 bridgehead atoms. The molecule has 17 heavy (non-hydrogen) atoms. The van der Waals surface area contributed by atoms with Crippen LogP contribution in [0.2, 0.25) is 0 Å². The average molecular weight is 228 g/mol. The van der Waals surface area contributed by atoms with Crippen LogP contribution in [0.25, 0.3) is 11.1 Å². The van der Waals surface area contributed by atoms with Gasteiger partial charge in [0.2, 0.25) is 0 Å². The summed E-state index contributed by atoms with van der Waals surface area (Å²) in [5.41, 5.74) is 3.50. The lowest BCUT2D eigenvalue weighted by atomic mass is 10.0. The smallest absolute Gasteiger partial charge is 0.119 e. The molecule has 2 rings (SSSR count). The van der Waals surface area contributed by atoms with Gasteiger partial charge in [0, 0.05) is 24.5 Å². The van der Waals surface area contributed by atoms with E-state index in [9.17, 15) is 0 Å². The molecule has 2 aromatic rings. The van der Waals surface area contributed by atoms with Crippen LogP contribution >= 0.6 is 0 Å². The Kier molecular flexibility index (Phi) is 3.73. The fourth-order valence-electron chi connectivity index (χ4n) is 1.82. The van der Waals surface area contributed by atoms with Gasteiger partial charge in [-0.2, -0.15) is 0 Å². The van der Waals surface area contributed by atoms with Gasteiger partial charge in [-0.25, -0.2) is 0 Å². The molecule has 0 spiro atoms. The predicted octanol–water partition coefficient (Wildman–Crippen LogP) is 2.48. The highest BCUT2D eigenvalue weighted by molar-refractivity contribution is 5.68. The Morgan fingerprint density at radius 3 is 2.82 bits per heavy atom. The van der Waals surface area contributed by atoms with Crippen LogP contribution in [0.1, 0.15) is 5.56 Å². The highest BCUT2D eigenvalue weighted by Crippen LogP contribution is 2.27. The second-order valence-electron chi connectivity index (χ2n) is 3.80. The van der Waals surface area contributed by atoms with Crippen molar-refractivity contribution in [3.8, 4) is 16.9 Å². The Morgan fingerprint density at radius 1 is 1.29 bits per heavy atom. The van der Waals surface area contributed by atoms with Crippen LogP contribution < -0.4 is 10.1 Å². The molecule has 0 aliphatic heterocycles. The number of benzene rings is 1. The summed E-state index contributed by atoms with van der Waals surface area (Å²) in [5.74, 6) is 0.865. The quantitative estimate of drug-likeness (QED) is 0.873. The minimum Gasteiger partial charge on any atom is -0.497 e. The molecule has 3 nitrogen and oxygen atoms in total. The van der Waals surface area contributed by atoms with Crippen molar-refractivity contribution in [2.24, 2.45) is 0 Å². The fourth-order valence-corrected chi connectivity index (χ4v) is 1.82. The zero-order valence-corrected chi connectivity index (χ0v) is 10.1. The van der Waals surface area contributed by atoms with Crippen molar-refractivity contribution < 1.29 is 4.74 Å². The van der Waals surface area contributed by atoms with E-state index in [1.807, 2.05) is 31.4 Å². The monoisotopic (exact) mass is 228 g/mol. The van der Waals surface area contributed by atoms with Crippen LogP contribution in [0.4, 0.5) is 0 Å². The Bertz CT molecular complexity index is 483. The van der Waals surface area contributed by atoms with Gasteiger partial charge in [0.1, 0.15) is 5.75 Å². The van der Waals surface area contributed by atoms with Crippen molar-refractivity contribution in [1.29, 1.82) is 0 Å². The first kappa shape index (κ1) is 11.6. The molecule has 0 radical (unpaired) electrons. The first-order valence-electron chi connectivity index (χ1n) is 5.57. The number of aromatic nitrogens is 1. The van der Waals surface area contributed by atoms with E-state index < -0.39 is 0 Å². The Morgan fingerprint density at radius 2 is 2.18 bits per heavy atom. The molecular formula is C14H16N2O. The summed E-state index contributed by atoms with van der Waals surface area (Å²) in [6.45, 7) is 0.828. The topological polar surface area (TPSA) is 34.1 Å². The minimum atomic E-state index is 0.828. The van der Waals surface area contributed by atoms with Crippen molar-refractivity contribution in [2.75, 3.05) is 14.2 Å². The van der Waals surface area contributed by atoms with Crippen molar-refractivity contribution in [2.45, 2.75) is 6.54 Å². The molecule has 3 heteroatoms. The maximum atomic E-state index is 5.27. The zero-order valence-electron chi connectivity index (χ0n) is 10.1. The van der Waals surface area contributed by atoms with Gasteiger partial charge >= 0.3 is 0 Å². The number of hydrogen-bond acceptors (Lipinski definition) is 3. The molecule has 1 heterocycles. The third-order valence-corrected chi connectivity index (χ3v) is 2.66. The Hall–Kier alpha value is -1.87. The van der Waals surface area contributed by atoms with Gasteiger partial charge < -0.3 is 10.1 Å². The maximum absolute atomic E-state index is 5.27. The number of nitrogens with one attached hydrogen (secondary N) is 1. The highest BCUT2D eigenvalue weighted by atomic mass is 16.5. The van der Waals surface area contributed by atoms with E-state index in [2.05, 4.69) is 22.4 Å². The van der Waals surface area contributed by atoms with Gasteiger partial charge in [-0.3, -0.25) is 4.98 Å². The van der Waals surface area contributed by atoms with Gasteiger partial charge in [0.25, 0.3) is 0 Å². The summed E-state index contributed by atoms with van der Waals surface area (Å²) in [6, 6.07) is 10.1. The van der Waals surface area contributed by atoms with Crippen molar-refractivity contribution in [3.05, 3.63) is 48.3 Å². The average Bonchev–Trinajstić information content (AvgIpc) is 2.40. The van der Waals surface area contributed by atoms with Crippen LogP contribution in [0, 0.1) is 0 Å². The molecule has 0 aliphatic rings. The molecule has 0 unspecified atom stereocenters. The van der Waals surface area contributed by atoms with E-state index in [0.717, 1.165) is 23.4 Å². The molecule has 1 aromatic heterocycles. The summed E-state index contributed by atoms with van der Waals surface area (Å²) < 4.78 is 5.27. The van der Waals surface area contributed by atoms with E-state index in [0.29, 0.717) is 0 Å². The molecule has 0 amide bonds.